The van der Waals surface area contributed by atoms with E-state index >= 15 is 0 Å². The molecule has 0 aliphatic rings. The highest BCUT2D eigenvalue weighted by Gasteiger charge is 2.04. The van der Waals surface area contributed by atoms with Gasteiger partial charge in [0, 0.05) is 20.1 Å². The van der Waals surface area contributed by atoms with Gasteiger partial charge in [-0.25, -0.2) is 4.98 Å². The summed E-state index contributed by atoms with van der Waals surface area (Å²) < 4.78 is 1.80. The van der Waals surface area contributed by atoms with Gasteiger partial charge in [0.15, 0.2) is 0 Å². The van der Waals surface area contributed by atoms with Crippen LogP contribution in [-0.2, 0) is 20.1 Å². The Morgan fingerprint density at radius 1 is 1.29 bits per heavy atom. The predicted molar refractivity (Wildman–Crippen MR) is 64.9 cm³/mol. The number of rotatable bonds is 4. The van der Waals surface area contributed by atoms with Crippen LogP contribution in [0.2, 0.25) is 0 Å². The molecule has 1 N–H and O–H groups in total. The van der Waals surface area contributed by atoms with E-state index < -0.39 is 0 Å². The van der Waals surface area contributed by atoms with Crippen molar-refractivity contribution >= 4 is 0 Å². The molecule has 1 aromatic carbocycles. The van der Waals surface area contributed by atoms with Crippen LogP contribution in [0.15, 0.2) is 36.5 Å². The predicted octanol–water partition coefficient (Wildman–Crippen LogP) is 1.58. The molecule has 2 aromatic rings. The minimum absolute atomic E-state index is 0.446. The van der Waals surface area contributed by atoms with Crippen molar-refractivity contribution in [3.8, 4) is 6.07 Å². The lowest BCUT2D eigenvalue weighted by Gasteiger charge is -2.05. The van der Waals surface area contributed by atoms with Crippen LogP contribution in [0, 0.1) is 11.3 Å². The SMILES string of the molecule is Cn1c(CNCc2ccccc2)cnc1C#N. The molecule has 1 heterocycles. The topological polar surface area (TPSA) is 53.6 Å². The second kappa shape index (κ2) is 5.28. The smallest absolute Gasteiger partial charge is 0.212 e. The first-order chi connectivity index (χ1) is 8.31. The molecule has 0 atom stereocenters. The fourth-order valence-electron chi connectivity index (χ4n) is 1.64. The highest BCUT2D eigenvalue weighted by atomic mass is 15.1. The van der Waals surface area contributed by atoms with Crippen LogP contribution in [0.4, 0.5) is 0 Å². The van der Waals surface area contributed by atoms with Gasteiger partial charge in [0.2, 0.25) is 5.82 Å². The average Bonchev–Trinajstić information content (AvgIpc) is 2.72. The molecular weight excluding hydrogens is 212 g/mol. The van der Waals surface area contributed by atoms with E-state index in [0.717, 1.165) is 12.2 Å². The minimum atomic E-state index is 0.446. The summed E-state index contributed by atoms with van der Waals surface area (Å²) >= 11 is 0. The normalized spacial score (nSPS) is 10.1. The third kappa shape index (κ3) is 2.71. The van der Waals surface area contributed by atoms with Crippen molar-refractivity contribution in [3.63, 3.8) is 0 Å². The van der Waals surface area contributed by atoms with Gasteiger partial charge in [0.1, 0.15) is 6.07 Å². The number of hydrogen-bond acceptors (Lipinski definition) is 3. The molecule has 4 nitrogen and oxygen atoms in total. The lowest BCUT2D eigenvalue weighted by atomic mass is 10.2. The highest BCUT2D eigenvalue weighted by molar-refractivity contribution is 5.17. The van der Waals surface area contributed by atoms with Gasteiger partial charge in [0.25, 0.3) is 0 Å². The molecule has 0 saturated heterocycles. The van der Waals surface area contributed by atoms with Gasteiger partial charge in [-0.05, 0) is 5.56 Å². The first-order valence-corrected chi connectivity index (χ1v) is 5.46. The van der Waals surface area contributed by atoms with Gasteiger partial charge in [-0.15, -0.1) is 0 Å². The van der Waals surface area contributed by atoms with Crippen LogP contribution in [0.5, 0.6) is 0 Å². The molecule has 0 spiro atoms. The summed E-state index contributed by atoms with van der Waals surface area (Å²) in [6, 6.07) is 12.3. The van der Waals surface area contributed by atoms with Gasteiger partial charge in [-0.3, -0.25) is 0 Å². The average molecular weight is 226 g/mol. The Kier molecular flexibility index (Phi) is 3.53. The quantitative estimate of drug-likeness (QED) is 0.861. The number of nitrogens with zero attached hydrogens (tertiary/aromatic N) is 3. The Hall–Kier alpha value is -2.12. The Morgan fingerprint density at radius 3 is 2.71 bits per heavy atom. The zero-order valence-corrected chi connectivity index (χ0v) is 9.72. The molecule has 0 amide bonds. The van der Waals surface area contributed by atoms with Crippen LogP contribution in [0.1, 0.15) is 17.1 Å². The van der Waals surface area contributed by atoms with Crippen molar-refractivity contribution in [2.24, 2.45) is 7.05 Å². The first kappa shape index (κ1) is 11.4. The van der Waals surface area contributed by atoms with Crippen molar-refractivity contribution in [2.75, 3.05) is 0 Å². The second-order valence-electron chi connectivity index (χ2n) is 3.83. The Bertz CT molecular complexity index is 522. The van der Waals surface area contributed by atoms with Crippen molar-refractivity contribution < 1.29 is 0 Å². The van der Waals surface area contributed by atoms with E-state index in [2.05, 4.69) is 22.4 Å². The first-order valence-electron chi connectivity index (χ1n) is 5.46. The molecule has 0 saturated carbocycles. The van der Waals surface area contributed by atoms with Gasteiger partial charge in [-0.2, -0.15) is 5.26 Å². The maximum Gasteiger partial charge on any atom is 0.212 e. The standard InChI is InChI=1S/C13H14N4/c1-17-12(10-16-13(17)7-14)9-15-8-11-5-3-2-4-6-11/h2-6,10,15H,8-9H2,1H3. The maximum atomic E-state index is 8.78. The van der Waals surface area contributed by atoms with Crippen molar-refractivity contribution in [3.05, 3.63) is 53.6 Å². The van der Waals surface area contributed by atoms with Crippen LogP contribution in [-0.4, -0.2) is 9.55 Å². The van der Waals surface area contributed by atoms with E-state index in [1.165, 1.54) is 5.56 Å². The summed E-state index contributed by atoms with van der Waals surface area (Å²) in [7, 11) is 1.85. The third-order valence-electron chi connectivity index (χ3n) is 2.66. The van der Waals surface area contributed by atoms with Gasteiger partial charge in [-0.1, -0.05) is 30.3 Å². The minimum Gasteiger partial charge on any atom is -0.322 e. The molecule has 4 heteroatoms. The summed E-state index contributed by atoms with van der Waals surface area (Å²) in [6.07, 6.45) is 1.73. The summed E-state index contributed by atoms with van der Waals surface area (Å²) in [5.74, 6) is 0.446. The van der Waals surface area contributed by atoms with Gasteiger partial charge in [0.05, 0.1) is 11.9 Å². The Balaban J connectivity index is 1.91. The summed E-state index contributed by atoms with van der Waals surface area (Å²) in [5.41, 5.74) is 2.26. The van der Waals surface area contributed by atoms with E-state index in [9.17, 15) is 0 Å². The van der Waals surface area contributed by atoms with Gasteiger partial charge >= 0.3 is 0 Å². The summed E-state index contributed by atoms with van der Waals surface area (Å²) in [4.78, 5) is 4.02. The summed E-state index contributed by atoms with van der Waals surface area (Å²) in [5, 5.41) is 12.1. The third-order valence-corrected chi connectivity index (χ3v) is 2.66. The maximum absolute atomic E-state index is 8.78. The molecule has 0 radical (unpaired) electrons. The fourth-order valence-corrected chi connectivity index (χ4v) is 1.64. The van der Waals surface area contributed by atoms with Crippen LogP contribution in [0.25, 0.3) is 0 Å². The highest BCUT2D eigenvalue weighted by Crippen LogP contribution is 2.02. The lowest BCUT2D eigenvalue weighted by Crippen LogP contribution is -2.15. The molecule has 0 fully saturated rings. The number of aromatic nitrogens is 2. The second-order valence-corrected chi connectivity index (χ2v) is 3.83. The fraction of sp³-hybridized carbons (Fsp3) is 0.231. The van der Waals surface area contributed by atoms with Crippen LogP contribution in [0.3, 0.4) is 0 Å². The molecular formula is C13H14N4. The molecule has 86 valence electrons. The van der Waals surface area contributed by atoms with E-state index in [4.69, 9.17) is 5.26 Å². The van der Waals surface area contributed by atoms with E-state index in [-0.39, 0.29) is 0 Å². The van der Waals surface area contributed by atoms with Crippen molar-refractivity contribution in [2.45, 2.75) is 13.1 Å². The summed E-state index contributed by atoms with van der Waals surface area (Å²) in [6.45, 7) is 1.52. The van der Waals surface area contributed by atoms with Gasteiger partial charge < -0.3 is 9.88 Å². The monoisotopic (exact) mass is 226 g/mol. The van der Waals surface area contributed by atoms with E-state index in [1.54, 1.807) is 10.8 Å². The number of nitriles is 1. The number of hydrogen-bond donors (Lipinski definition) is 1. The Labute approximate surface area is 101 Å². The van der Waals surface area contributed by atoms with Crippen LogP contribution < -0.4 is 5.32 Å². The zero-order chi connectivity index (χ0) is 12.1. The molecule has 1 aromatic heterocycles. The zero-order valence-electron chi connectivity index (χ0n) is 9.72. The number of imidazole rings is 1. The van der Waals surface area contributed by atoms with Crippen LogP contribution >= 0.6 is 0 Å². The van der Waals surface area contributed by atoms with E-state index in [1.807, 2.05) is 31.3 Å². The molecule has 2 rings (SSSR count). The Morgan fingerprint density at radius 2 is 2.06 bits per heavy atom. The molecule has 0 unspecified atom stereocenters. The largest absolute Gasteiger partial charge is 0.322 e. The van der Waals surface area contributed by atoms with Crippen molar-refractivity contribution in [1.82, 2.24) is 14.9 Å². The molecule has 0 bridgehead atoms. The van der Waals surface area contributed by atoms with E-state index in [0.29, 0.717) is 12.4 Å². The molecule has 0 aliphatic heterocycles. The van der Waals surface area contributed by atoms with Crippen molar-refractivity contribution in [1.29, 1.82) is 5.26 Å². The lowest BCUT2D eigenvalue weighted by molar-refractivity contribution is 0.653. The number of nitrogens with one attached hydrogen (secondary N) is 1. The molecule has 17 heavy (non-hydrogen) atoms. The molecule has 0 aliphatic carbocycles. The number of benzene rings is 1.